The Labute approximate surface area is 69.7 Å². The summed E-state index contributed by atoms with van der Waals surface area (Å²) in [5, 5.41) is 0. The summed E-state index contributed by atoms with van der Waals surface area (Å²) in [6.07, 6.45) is 3.11. The van der Waals surface area contributed by atoms with Crippen LogP contribution in [-0.4, -0.2) is 28.3 Å². The molecule has 0 aliphatic heterocycles. The average Bonchev–Trinajstić information content (AvgIpc) is 1.86. The molecular formula is C7H12N2OSn. The van der Waals surface area contributed by atoms with Gasteiger partial charge in [0, 0.05) is 0 Å². The van der Waals surface area contributed by atoms with Gasteiger partial charge >= 0.3 is 69.6 Å². The van der Waals surface area contributed by atoms with Crippen LogP contribution in [0.25, 0.3) is 0 Å². The van der Waals surface area contributed by atoms with E-state index in [2.05, 4.69) is 24.8 Å². The maximum atomic E-state index is 10.7. The summed E-state index contributed by atoms with van der Waals surface area (Å²) in [4.78, 5) is 24.2. The van der Waals surface area contributed by atoms with E-state index in [1.165, 1.54) is 6.20 Å². The van der Waals surface area contributed by atoms with Gasteiger partial charge in [-0.3, -0.25) is 0 Å². The van der Waals surface area contributed by atoms with Crippen LogP contribution in [0.4, 0.5) is 0 Å². The fraction of sp³-hybridized carbons (Fsp3) is 0.429. The normalized spacial score (nSPS) is 11.5. The van der Waals surface area contributed by atoms with Gasteiger partial charge in [-0.25, -0.2) is 0 Å². The molecule has 1 heterocycles. The number of aromatic amines is 1. The Morgan fingerprint density at radius 3 is 2.45 bits per heavy atom. The SMILES string of the molecule is [CH3][Sn]([CH3])([CH3])[c]1c[nH]c(=O)cn1. The molecule has 1 rings (SSSR count). The Balaban J connectivity index is 3.09. The van der Waals surface area contributed by atoms with E-state index in [9.17, 15) is 4.79 Å². The molecule has 0 fully saturated rings. The zero-order chi connectivity index (χ0) is 8.48. The van der Waals surface area contributed by atoms with Gasteiger partial charge in [-0.1, -0.05) is 0 Å². The second-order valence-corrected chi connectivity index (χ2v) is 17.9. The molecule has 4 heteroatoms. The van der Waals surface area contributed by atoms with Crippen LogP contribution in [0.2, 0.25) is 14.8 Å². The monoisotopic (exact) mass is 260 g/mol. The van der Waals surface area contributed by atoms with Crippen LogP contribution in [0, 0.1) is 0 Å². The molecule has 0 aliphatic carbocycles. The number of H-pyrrole nitrogens is 1. The Kier molecular flexibility index (Phi) is 2.36. The fourth-order valence-corrected chi connectivity index (χ4v) is 3.48. The molecule has 1 aromatic rings. The van der Waals surface area contributed by atoms with E-state index in [0.29, 0.717) is 0 Å². The molecule has 0 saturated carbocycles. The predicted octanol–water partition coefficient (Wildman–Crippen LogP) is 0.315. The van der Waals surface area contributed by atoms with Crippen molar-refractivity contribution in [3.8, 4) is 0 Å². The van der Waals surface area contributed by atoms with Crippen molar-refractivity contribution in [2.75, 3.05) is 0 Å². The molecule has 60 valence electrons. The molecule has 3 nitrogen and oxygen atoms in total. The first-order chi connectivity index (χ1) is 5.00. The van der Waals surface area contributed by atoms with E-state index in [4.69, 9.17) is 0 Å². The third kappa shape index (κ3) is 2.32. The van der Waals surface area contributed by atoms with E-state index in [0.717, 1.165) is 3.71 Å². The van der Waals surface area contributed by atoms with Crippen molar-refractivity contribution in [2.24, 2.45) is 0 Å². The van der Waals surface area contributed by atoms with Crippen molar-refractivity contribution in [3.63, 3.8) is 0 Å². The zero-order valence-electron chi connectivity index (χ0n) is 7.01. The van der Waals surface area contributed by atoms with E-state index in [1.807, 2.05) is 0 Å². The molecule has 0 amide bonds. The molecule has 0 bridgehead atoms. The number of nitrogens with one attached hydrogen (secondary N) is 1. The predicted molar refractivity (Wildman–Crippen MR) is 47.8 cm³/mol. The minimum absolute atomic E-state index is 0.121. The third-order valence-electron chi connectivity index (χ3n) is 1.44. The number of aromatic nitrogens is 2. The molecule has 0 aromatic carbocycles. The summed E-state index contributed by atoms with van der Waals surface area (Å²) >= 11 is -2.02. The Hall–Kier alpha value is -0.321. The number of rotatable bonds is 1. The first-order valence-electron chi connectivity index (χ1n) is 3.55. The van der Waals surface area contributed by atoms with Gasteiger partial charge in [0.1, 0.15) is 0 Å². The van der Waals surface area contributed by atoms with E-state index < -0.39 is 18.4 Å². The third-order valence-corrected chi connectivity index (χ3v) is 6.61. The molecule has 1 aromatic heterocycles. The van der Waals surface area contributed by atoms with Gasteiger partial charge < -0.3 is 0 Å². The molecule has 0 saturated heterocycles. The summed E-state index contributed by atoms with van der Waals surface area (Å²) in [5.41, 5.74) is -0.121. The van der Waals surface area contributed by atoms with Gasteiger partial charge in [0.25, 0.3) is 0 Å². The van der Waals surface area contributed by atoms with Crippen LogP contribution in [0.15, 0.2) is 17.2 Å². The van der Waals surface area contributed by atoms with E-state index >= 15 is 0 Å². The second kappa shape index (κ2) is 2.97. The standard InChI is InChI=1S/C4H3N2O.3CH3.Sn/c7-4-3-5-1-2-6-4;;;;/h2-3H,(H,6,7);3*1H3;. The van der Waals surface area contributed by atoms with Gasteiger partial charge in [0.2, 0.25) is 0 Å². The van der Waals surface area contributed by atoms with E-state index in [-0.39, 0.29) is 5.56 Å². The summed E-state index contributed by atoms with van der Waals surface area (Å²) in [6.45, 7) is 0. The number of nitrogens with zero attached hydrogens (tertiary/aromatic N) is 1. The fourth-order valence-electron chi connectivity index (χ4n) is 0.752. The molecule has 0 spiro atoms. The molecule has 11 heavy (non-hydrogen) atoms. The van der Waals surface area contributed by atoms with Crippen molar-refractivity contribution in [3.05, 3.63) is 22.7 Å². The van der Waals surface area contributed by atoms with Crippen LogP contribution in [-0.2, 0) is 0 Å². The second-order valence-electron chi connectivity index (χ2n) is 3.55. The van der Waals surface area contributed by atoms with Crippen LogP contribution in [0.1, 0.15) is 0 Å². The summed E-state index contributed by atoms with van der Waals surface area (Å²) in [5.74, 6) is 0. The summed E-state index contributed by atoms with van der Waals surface area (Å²) in [6, 6.07) is 0. The van der Waals surface area contributed by atoms with Crippen LogP contribution < -0.4 is 9.27 Å². The topological polar surface area (TPSA) is 45.8 Å². The van der Waals surface area contributed by atoms with Gasteiger partial charge in [-0.2, -0.15) is 0 Å². The van der Waals surface area contributed by atoms with Crippen molar-refractivity contribution in [1.29, 1.82) is 0 Å². The molecule has 0 atom stereocenters. The van der Waals surface area contributed by atoms with Gasteiger partial charge in [-0.15, -0.1) is 0 Å². The molecule has 1 N–H and O–H groups in total. The minimum atomic E-state index is -2.02. The first-order valence-corrected chi connectivity index (χ1v) is 13.5. The molecule has 0 aliphatic rings. The average molecular weight is 259 g/mol. The quantitative estimate of drug-likeness (QED) is 0.738. The zero-order valence-corrected chi connectivity index (χ0v) is 9.86. The van der Waals surface area contributed by atoms with Gasteiger partial charge in [-0.05, 0) is 0 Å². The Morgan fingerprint density at radius 2 is 2.09 bits per heavy atom. The number of hydrogen-bond donors (Lipinski definition) is 1. The van der Waals surface area contributed by atoms with Crippen LogP contribution in [0.5, 0.6) is 0 Å². The number of hydrogen-bond acceptors (Lipinski definition) is 2. The molecular weight excluding hydrogens is 247 g/mol. The Morgan fingerprint density at radius 1 is 1.45 bits per heavy atom. The van der Waals surface area contributed by atoms with Gasteiger partial charge in [0.05, 0.1) is 0 Å². The molecule has 0 unspecified atom stereocenters. The van der Waals surface area contributed by atoms with Gasteiger partial charge in [0.15, 0.2) is 0 Å². The van der Waals surface area contributed by atoms with Crippen LogP contribution in [0.3, 0.4) is 0 Å². The molecule has 0 radical (unpaired) electrons. The van der Waals surface area contributed by atoms with Crippen molar-refractivity contribution >= 4 is 22.1 Å². The first kappa shape index (κ1) is 8.77. The van der Waals surface area contributed by atoms with Crippen molar-refractivity contribution in [2.45, 2.75) is 14.8 Å². The van der Waals surface area contributed by atoms with E-state index in [1.54, 1.807) is 6.20 Å². The maximum absolute atomic E-state index is 10.7. The summed E-state index contributed by atoms with van der Waals surface area (Å²) in [7, 11) is 0. The van der Waals surface area contributed by atoms with Crippen molar-refractivity contribution in [1.82, 2.24) is 9.97 Å². The van der Waals surface area contributed by atoms with Crippen molar-refractivity contribution < 1.29 is 0 Å². The van der Waals surface area contributed by atoms with Crippen LogP contribution >= 0.6 is 0 Å². The Bertz CT molecular complexity index is 280. The summed E-state index contributed by atoms with van der Waals surface area (Å²) < 4.78 is 1.11.